The lowest BCUT2D eigenvalue weighted by molar-refractivity contribution is -0.149. The first-order valence-corrected chi connectivity index (χ1v) is 9.38. The molecule has 1 aromatic carbocycles. The fourth-order valence-electron chi connectivity index (χ4n) is 3.64. The molecule has 0 spiro atoms. The van der Waals surface area contributed by atoms with Crippen molar-refractivity contribution >= 4 is 5.97 Å². The summed E-state index contributed by atoms with van der Waals surface area (Å²) in [6.07, 6.45) is -2.40. The minimum Gasteiger partial charge on any atom is -0.479 e. The largest absolute Gasteiger partial charge is 0.479 e. The van der Waals surface area contributed by atoms with Crippen LogP contribution in [-0.4, -0.2) is 44.2 Å². The van der Waals surface area contributed by atoms with Crippen LogP contribution in [0.1, 0.15) is 41.9 Å². The fourth-order valence-corrected chi connectivity index (χ4v) is 3.64. The summed E-state index contributed by atoms with van der Waals surface area (Å²) in [5.74, 6) is -0.760. The van der Waals surface area contributed by atoms with Gasteiger partial charge in [0.05, 0.1) is 12.0 Å². The van der Waals surface area contributed by atoms with Crippen LogP contribution in [0.25, 0.3) is 11.6 Å². The predicted molar refractivity (Wildman–Crippen MR) is 100 cm³/mol. The Bertz CT molecular complexity index is 1070. The van der Waals surface area contributed by atoms with E-state index < -0.39 is 24.2 Å². The monoisotopic (exact) mass is 418 g/mol. The number of benzene rings is 1. The number of carboxylic acids is 1. The van der Waals surface area contributed by atoms with Crippen LogP contribution in [-0.2, 0) is 21.5 Å². The molecule has 0 radical (unpaired) electrons. The van der Waals surface area contributed by atoms with Gasteiger partial charge in [-0.05, 0) is 37.0 Å². The second-order valence-corrected chi connectivity index (χ2v) is 7.32. The summed E-state index contributed by atoms with van der Waals surface area (Å²) in [6, 6.07) is 9.06. The third-order valence-electron chi connectivity index (χ3n) is 5.40. The topological polar surface area (TPSA) is 103 Å². The number of aromatic nitrogens is 4. The van der Waals surface area contributed by atoms with E-state index in [1.807, 2.05) is 31.2 Å². The Morgan fingerprint density at radius 3 is 2.70 bits per heavy atom. The molecule has 0 amide bonds. The van der Waals surface area contributed by atoms with Crippen LogP contribution >= 0.6 is 0 Å². The summed E-state index contributed by atoms with van der Waals surface area (Å²) < 4.78 is 37.9. The van der Waals surface area contributed by atoms with Gasteiger partial charge in [-0.3, -0.25) is 4.68 Å². The van der Waals surface area contributed by atoms with Crippen molar-refractivity contribution in [3.05, 3.63) is 53.0 Å². The number of aryl methyl sites for hydroxylation is 1. The van der Waals surface area contributed by atoms with Crippen LogP contribution < -0.4 is 0 Å². The average Bonchev–Trinajstić information content (AvgIpc) is 3.17. The minimum absolute atomic E-state index is 0.00417. The van der Waals surface area contributed by atoms with Gasteiger partial charge >= 0.3 is 5.97 Å². The lowest BCUT2D eigenvalue weighted by Crippen LogP contribution is -2.28. The summed E-state index contributed by atoms with van der Waals surface area (Å²) >= 11 is 0. The van der Waals surface area contributed by atoms with E-state index in [0.717, 1.165) is 34.7 Å². The Labute approximate surface area is 170 Å². The molecule has 1 aliphatic carbocycles. The molecular weight excluding hydrogens is 398 g/mol. The van der Waals surface area contributed by atoms with E-state index in [0.29, 0.717) is 5.82 Å². The highest BCUT2D eigenvalue weighted by molar-refractivity contribution is 5.72. The summed E-state index contributed by atoms with van der Waals surface area (Å²) in [4.78, 5) is 15.8. The Kier molecular flexibility index (Phi) is 5.10. The summed E-state index contributed by atoms with van der Waals surface area (Å²) in [6.45, 7) is 1.73. The molecule has 0 bridgehead atoms. The molecule has 0 saturated heterocycles. The lowest BCUT2D eigenvalue weighted by atomic mass is 9.91. The quantitative estimate of drug-likeness (QED) is 0.598. The van der Waals surface area contributed by atoms with Crippen molar-refractivity contribution in [2.75, 3.05) is 7.11 Å². The molecule has 1 N–H and O–H groups in total. The van der Waals surface area contributed by atoms with E-state index in [1.54, 1.807) is 0 Å². The number of methoxy groups -OCH3 is 1. The second kappa shape index (κ2) is 7.60. The number of hydrogen-bond donors (Lipinski definition) is 1. The highest BCUT2D eigenvalue weighted by Gasteiger charge is 2.50. The van der Waals surface area contributed by atoms with E-state index in [-0.39, 0.29) is 23.5 Å². The second-order valence-electron chi connectivity index (χ2n) is 7.32. The summed E-state index contributed by atoms with van der Waals surface area (Å²) in [5.41, 5.74) is 1.46. The highest BCUT2D eigenvalue weighted by atomic mass is 19.3. The van der Waals surface area contributed by atoms with Gasteiger partial charge in [0.15, 0.2) is 11.9 Å². The van der Waals surface area contributed by atoms with Gasteiger partial charge < -0.3 is 14.4 Å². The molecule has 2 heterocycles. The van der Waals surface area contributed by atoms with E-state index >= 15 is 0 Å². The maximum Gasteiger partial charge on any atom is 0.334 e. The summed E-state index contributed by atoms with van der Waals surface area (Å²) in [7, 11) is 1.22. The third-order valence-corrected chi connectivity index (χ3v) is 5.40. The Morgan fingerprint density at radius 2 is 2.10 bits per heavy atom. The number of carboxylic acid groups (broad SMARTS) is 1. The molecule has 30 heavy (non-hydrogen) atoms. The van der Waals surface area contributed by atoms with Gasteiger partial charge in [0, 0.05) is 7.11 Å². The van der Waals surface area contributed by atoms with Crippen molar-refractivity contribution in [2.45, 2.75) is 44.3 Å². The zero-order valence-corrected chi connectivity index (χ0v) is 16.4. The van der Waals surface area contributed by atoms with E-state index in [9.17, 15) is 18.7 Å². The first-order chi connectivity index (χ1) is 14.4. The smallest absolute Gasteiger partial charge is 0.334 e. The van der Waals surface area contributed by atoms with Gasteiger partial charge in [-0.2, -0.15) is 10.1 Å². The normalized spacial score (nSPS) is 16.0. The number of rotatable bonds is 8. The van der Waals surface area contributed by atoms with Gasteiger partial charge in [0.2, 0.25) is 0 Å². The van der Waals surface area contributed by atoms with E-state index in [4.69, 9.17) is 9.26 Å². The molecule has 3 aromatic rings. The molecule has 1 atom stereocenters. The maximum atomic E-state index is 13.2. The summed E-state index contributed by atoms with van der Waals surface area (Å²) in [5, 5.41) is 17.1. The Balaban J connectivity index is 1.71. The number of aliphatic carboxylic acids is 1. The van der Waals surface area contributed by atoms with Crippen molar-refractivity contribution in [1.82, 2.24) is 19.9 Å². The van der Waals surface area contributed by atoms with Crippen LogP contribution in [0.4, 0.5) is 8.78 Å². The van der Waals surface area contributed by atoms with Crippen LogP contribution in [0.15, 0.2) is 34.9 Å². The van der Waals surface area contributed by atoms with Gasteiger partial charge in [-0.15, -0.1) is 0 Å². The number of ether oxygens (including phenoxy) is 1. The predicted octanol–water partition coefficient (Wildman–Crippen LogP) is 3.36. The third kappa shape index (κ3) is 3.47. The molecule has 1 saturated carbocycles. The fraction of sp³-hybridized carbons (Fsp3) is 0.400. The molecular formula is C20H20F2N4O4. The van der Waals surface area contributed by atoms with Crippen molar-refractivity contribution in [3.63, 3.8) is 0 Å². The van der Waals surface area contributed by atoms with Gasteiger partial charge in [0.1, 0.15) is 11.4 Å². The Morgan fingerprint density at radius 1 is 1.37 bits per heavy atom. The first-order valence-electron chi connectivity index (χ1n) is 9.38. The van der Waals surface area contributed by atoms with Crippen molar-refractivity contribution in [1.29, 1.82) is 0 Å². The molecule has 1 fully saturated rings. The molecule has 10 heteroatoms. The number of halogens is 2. The SMILES string of the molecule is CO[C@@H](Cn1nc(C(F)F)cc1-c1nc(C2(c3ccccc3C)CC2)no1)C(=O)O. The maximum absolute atomic E-state index is 13.2. The zero-order chi connectivity index (χ0) is 21.5. The van der Waals surface area contributed by atoms with Crippen molar-refractivity contribution < 1.29 is 27.9 Å². The van der Waals surface area contributed by atoms with Crippen LogP contribution in [0, 0.1) is 6.92 Å². The molecule has 8 nitrogen and oxygen atoms in total. The zero-order valence-electron chi connectivity index (χ0n) is 16.4. The van der Waals surface area contributed by atoms with Gasteiger partial charge in [-0.25, -0.2) is 13.6 Å². The number of nitrogens with zero attached hydrogens (tertiary/aromatic N) is 4. The Hall–Kier alpha value is -3.14. The standard InChI is InChI=1S/C20H20F2N4O4/c1-11-5-3-4-6-12(11)20(7-8-20)19-23-17(30-25-19)14-9-13(16(21)22)24-26(14)10-15(29-2)18(27)28/h3-6,9,15-16H,7-8,10H2,1-2H3,(H,27,28)/t15-/m0/s1. The molecule has 0 unspecified atom stereocenters. The molecule has 0 aliphatic heterocycles. The van der Waals surface area contributed by atoms with Gasteiger partial charge in [0.25, 0.3) is 12.3 Å². The van der Waals surface area contributed by atoms with Crippen molar-refractivity contribution in [2.24, 2.45) is 0 Å². The van der Waals surface area contributed by atoms with Crippen LogP contribution in [0.2, 0.25) is 0 Å². The molecule has 158 valence electrons. The van der Waals surface area contributed by atoms with Crippen LogP contribution in [0.3, 0.4) is 0 Å². The number of alkyl halides is 2. The van der Waals surface area contributed by atoms with E-state index in [2.05, 4.69) is 15.2 Å². The van der Waals surface area contributed by atoms with E-state index in [1.165, 1.54) is 7.11 Å². The van der Waals surface area contributed by atoms with Gasteiger partial charge in [-0.1, -0.05) is 29.4 Å². The van der Waals surface area contributed by atoms with Crippen LogP contribution in [0.5, 0.6) is 0 Å². The van der Waals surface area contributed by atoms with Crippen molar-refractivity contribution in [3.8, 4) is 11.6 Å². The number of hydrogen-bond acceptors (Lipinski definition) is 6. The first kappa shape index (κ1) is 20.1. The molecule has 4 rings (SSSR count). The molecule has 2 aromatic heterocycles. The lowest BCUT2D eigenvalue weighted by Gasteiger charge is -2.13. The highest BCUT2D eigenvalue weighted by Crippen LogP contribution is 2.53. The number of carbonyl (C=O) groups is 1. The average molecular weight is 418 g/mol. The molecule has 1 aliphatic rings. The minimum atomic E-state index is -2.83.